The molecule has 3 saturated carbocycles. The van der Waals surface area contributed by atoms with Crippen molar-refractivity contribution in [1.82, 2.24) is 0 Å². The van der Waals surface area contributed by atoms with E-state index in [9.17, 15) is 9.59 Å². The molecule has 2 bridgehead atoms. The van der Waals surface area contributed by atoms with Gasteiger partial charge in [-0.2, -0.15) is 0 Å². The van der Waals surface area contributed by atoms with Crippen LogP contribution in [0.15, 0.2) is 0 Å². The number of ketones is 2. The first kappa shape index (κ1) is 7.57. The Kier molecular flexibility index (Phi) is 1.14. The first-order chi connectivity index (χ1) is 6.77. The highest BCUT2D eigenvalue weighted by molar-refractivity contribution is 6.06. The van der Waals surface area contributed by atoms with Crippen molar-refractivity contribution in [1.29, 1.82) is 0 Å². The smallest absolute Gasteiger partial charge is 0.168 e. The number of epoxide rings is 1. The van der Waals surface area contributed by atoms with Crippen molar-refractivity contribution in [2.45, 2.75) is 31.5 Å². The number of hydrogen-bond donors (Lipinski definition) is 0. The molecule has 3 aliphatic carbocycles. The van der Waals surface area contributed by atoms with Gasteiger partial charge in [-0.15, -0.1) is 0 Å². The van der Waals surface area contributed by atoms with Crippen LogP contribution in [0.25, 0.3) is 0 Å². The number of rotatable bonds is 0. The molecule has 0 N–H and O–H groups in total. The molecule has 0 amide bonds. The maximum Gasteiger partial charge on any atom is 0.168 e. The molecule has 0 aromatic heterocycles. The van der Waals surface area contributed by atoms with Gasteiger partial charge in [0.2, 0.25) is 0 Å². The highest BCUT2D eigenvalue weighted by atomic mass is 16.6. The summed E-state index contributed by atoms with van der Waals surface area (Å²) >= 11 is 0. The lowest BCUT2D eigenvalue weighted by atomic mass is 9.69. The Morgan fingerprint density at radius 3 is 1.93 bits per heavy atom. The number of Topliss-reactive ketones (excluding diaryl/α,β-unsaturated/α-hetero) is 2. The van der Waals surface area contributed by atoms with Crippen LogP contribution in [0.4, 0.5) is 0 Å². The van der Waals surface area contributed by atoms with E-state index in [4.69, 9.17) is 4.74 Å². The van der Waals surface area contributed by atoms with Crippen LogP contribution in [0.3, 0.4) is 0 Å². The molecule has 1 heterocycles. The van der Waals surface area contributed by atoms with Crippen molar-refractivity contribution in [2.24, 2.45) is 23.7 Å². The Morgan fingerprint density at radius 1 is 0.929 bits per heavy atom. The van der Waals surface area contributed by atoms with Crippen LogP contribution in [0, 0.1) is 23.7 Å². The van der Waals surface area contributed by atoms with Gasteiger partial charge in [0.1, 0.15) is 0 Å². The Hall–Kier alpha value is -0.700. The minimum Gasteiger partial charge on any atom is -0.353 e. The number of ether oxygens (including phenoxy) is 1. The molecule has 4 fully saturated rings. The van der Waals surface area contributed by atoms with Crippen molar-refractivity contribution < 1.29 is 14.3 Å². The second-order valence-corrected chi connectivity index (χ2v) is 5.17. The van der Waals surface area contributed by atoms with Gasteiger partial charge in [-0.05, 0) is 31.1 Å². The molecule has 74 valence electrons. The van der Waals surface area contributed by atoms with Crippen molar-refractivity contribution in [3.05, 3.63) is 0 Å². The molecule has 3 nitrogen and oxygen atoms in total. The molecule has 14 heavy (non-hydrogen) atoms. The number of fused-ring (bicyclic) bond motifs is 6. The molecular formula is C11H12O3. The SMILES string of the molecule is O=C1C2OC2C(=O)C2C3CCC(C3)C12. The Bertz CT molecular complexity index is 316. The Labute approximate surface area is 81.8 Å². The van der Waals surface area contributed by atoms with E-state index in [0.29, 0.717) is 11.8 Å². The lowest BCUT2D eigenvalue weighted by molar-refractivity contribution is -0.137. The third-order valence-corrected chi connectivity index (χ3v) is 4.63. The van der Waals surface area contributed by atoms with Crippen molar-refractivity contribution >= 4 is 11.6 Å². The molecule has 0 spiro atoms. The Balaban J connectivity index is 1.80. The summed E-state index contributed by atoms with van der Waals surface area (Å²) in [6.45, 7) is 0. The third kappa shape index (κ3) is 0.670. The van der Waals surface area contributed by atoms with Crippen molar-refractivity contribution in [2.75, 3.05) is 0 Å². The average molecular weight is 192 g/mol. The monoisotopic (exact) mass is 192 g/mol. The van der Waals surface area contributed by atoms with Crippen LogP contribution in [0.2, 0.25) is 0 Å². The molecule has 6 atom stereocenters. The van der Waals surface area contributed by atoms with E-state index in [1.807, 2.05) is 0 Å². The summed E-state index contributed by atoms with van der Waals surface area (Å²) < 4.78 is 5.16. The fourth-order valence-electron chi connectivity index (χ4n) is 4.03. The summed E-state index contributed by atoms with van der Waals surface area (Å²) in [5, 5.41) is 0. The van der Waals surface area contributed by atoms with E-state index in [0.717, 1.165) is 19.3 Å². The molecule has 0 aromatic carbocycles. The fourth-order valence-corrected chi connectivity index (χ4v) is 4.03. The fraction of sp³-hybridized carbons (Fsp3) is 0.818. The van der Waals surface area contributed by atoms with Gasteiger partial charge in [0.25, 0.3) is 0 Å². The van der Waals surface area contributed by atoms with Crippen molar-refractivity contribution in [3.8, 4) is 0 Å². The molecule has 0 radical (unpaired) electrons. The first-order valence-corrected chi connectivity index (χ1v) is 5.50. The molecule has 1 aliphatic heterocycles. The first-order valence-electron chi connectivity index (χ1n) is 5.50. The van der Waals surface area contributed by atoms with Crippen LogP contribution >= 0.6 is 0 Å². The topological polar surface area (TPSA) is 46.7 Å². The van der Waals surface area contributed by atoms with Crippen molar-refractivity contribution in [3.63, 3.8) is 0 Å². The highest BCUT2D eigenvalue weighted by Gasteiger charge is 2.66. The molecule has 3 heteroatoms. The summed E-state index contributed by atoms with van der Waals surface area (Å²) in [4.78, 5) is 23.8. The summed E-state index contributed by atoms with van der Waals surface area (Å²) in [5.74, 6) is 1.59. The maximum absolute atomic E-state index is 11.9. The predicted octanol–water partition coefficient (Wildman–Crippen LogP) is 0.568. The average Bonchev–Trinajstić information content (AvgIpc) is 2.74. The van der Waals surface area contributed by atoms with Gasteiger partial charge in [0, 0.05) is 11.8 Å². The highest BCUT2D eigenvalue weighted by Crippen LogP contribution is 2.57. The zero-order chi connectivity index (χ0) is 9.45. The molecule has 6 unspecified atom stereocenters. The number of hydrogen-bond acceptors (Lipinski definition) is 3. The maximum atomic E-state index is 11.9. The van der Waals surface area contributed by atoms with Gasteiger partial charge in [-0.3, -0.25) is 9.59 Å². The minimum absolute atomic E-state index is 0.0463. The third-order valence-electron chi connectivity index (χ3n) is 4.63. The summed E-state index contributed by atoms with van der Waals surface area (Å²) in [5.41, 5.74) is 0. The normalized spacial score (nSPS) is 58.6. The van der Waals surface area contributed by atoms with Crippen LogP contribution in [-0.4, -0.2) is 23.8 Å². The molecular weight excluding hydrogens is 180 g/mol. The summed E-state index contributed by atoms with van der Waals surface area (Å²) in [6, 6.07) is 0. The summed E-state index contributed by atoms with van der Waals surface area (Å²) in [7, 11) is 0. The van der Waals surface area contributed by atoms with Gasteiger partial charge in [-0.25, -0.2) is 0 Å². The standard InChI is InChI=1S/C11H12O3/c12-8-6-4-1-2-5(3-4)7(6)9(13)11-10(8)14-11/h4-7,10-11H,1-3H2. The van der Waals surface area contributed by atoms with E-state index in [2.05, 4.69) is 0 Å². The van der Waals surface area contributed by atoms with Gasteiger partial charge in [-0.1, -0.05) is 0 Å². The van der Waals surface area contributed by atoms with Crippen LogP contribution in [0.5, 0.6) is 0 Å². The molecule has 4 rings (SSSR count). The van der Waals surface area contributed by atoms with E-state index in [-0.39, 0.29) is 35.6 Å². The van der Waals surface area contributed by atoms with E-state index >= 15 is 0 Å². The lowest BCUT2D eigenvalue weighted by Gasteiger charge is -2.30. The quantitative estimate of drug-likeness (QED) is 0.527. The molecule has 0 aromatic rings. The predicted molar refractivity (Wildman–Crippen MR) is 46.5 cm³/mol. The second kappa shape index (κ2) is 2.11. The number of carbonyl (C=O) groups is 2. The minimum atomic E-state index is -0.330. The number of carbonyl (C=O) groups excluding carboxylic acids is 2. The van der Waals surface area contributed by atoms with Crippen LogP contribution in [0.1, 0.15) is 19.3 Å². The second-order valence-electron chi connectivity index (χ2n) is 5.17. The Morgan fingerprint density at radius 2 is 1.43 bits per heavy atom. The van der Waals surface area contributed by atoms with E-state index < -0.39 is 0 Å². The van der Waals surface area contributed by atoms with Crippen LogP contribution < -0.4 is 0 Å². The zero-order valence-electron chi connectivity index (χ0n) is 7.81. The summed E-state index contributed by atoms with van der Waals surface area (Å²) in [6.07, 6.45) is 2.77. The molecule has 1 saturated heterocycles. The van der Waals surface area contributed by atoms with Gasteiger partial charge >= 0.3 is 0 Å². The van der Waals surface area contributed by atoms with Gasteiger partial charge in [0.05, 0.1) is 0 Å². The van der Waals surface area contributed by atoms with Gasteiger partial charge < -0.3 is 4.74 Å². The van der Waals surface area contributed by atoms with Gasteiger partial charge in [0.15, 0.2) is 23.8 Å². The largest absolute Gasteiger partial charge is 0.353 e. The lowest BCUT2D eigenvalue weighted by Crippen LogP contribution is -2.44. The van der Waals surface area contributed by atoms with Crippen LogP contribution in [-0.2, 0) is 14.3 Å². The molecule has 4 aliphatic rings. The zero-order valence-corrected chi connectivity index (χ0v) is 7.81. The van der Waals surface area contributed by atoms with E-state index in [1.54, 1.807) is 0 Å². The van der Waals surface area contributed by atoms with E-state index in [1.165, 1.54) is 0 Å².